The summed E-state index contributed by atoms with van der Waals surface area (Å²) in [5.41, 5.74) is 8.64. The maximum atomic E-state index is 5.97. The van der Waals surface area contributed by atoms with E-state index in [-0.39, 0.29) is 6.79 Å². The number of hydrogen-bond donors (Lipinski definition) is 2. The molecule has 0 fully saturated rings. The number of nitrogens with zero attached hydrogens (tertiary/aromatic N) is 3. The number of hydrogen-bond acceptors (Lipinski definition) is 5. The molecule has 7 nitrogen and oxygen atoms in total. The molecule has 3 N–H and O–H groups in total. The zero-order valence-corrected chi connectivity index (χ0v) is 13.0. The van der Waals surface area contributed by atoms with Crippen molar-refractivity contribution < 1.29 is 14.0 Å². The van der Waals surface area contributed by atoms with E-state index in [2.05, 4.69) is 28.8 Å². The molecule has 4 rings (SSSR count). The standard InChI is InChI=1S/C16H17N5O2/c1-9(2)15-19-13-14(17)18-7-21(16(13)20-15)6-10-3-4-11-12(5-10)23-8-22-11/h3-5,7,9H,6,8H2,1-2H3,(H2,17,19,20)/p+1. The lowest BCUT2D eigenvalue weighted by molar-refractivity contribution is -0.667. The number of rotatable bonds is 3. The van der Waals surface area contributed by atoms with Crippen molar-refractivity contribution in [2.45, 2.75) is 26.3 Å². The molecule has 2 aromatic heterocycles. The Morgan fingerprint density at radius 1 is 1.30 bits per heavy atom. The van der Waals surface area contributed by atoms with Crippen molar-refractivity contribution in [1.82, 2.24) is 15.0 Å². The van der Waals surface area contributed by atoms with E-state index in [0.717, 1.165) is 34.1 Å². The zero-order valence-electron chi connectivity index (χ0n) is 13.0. The van der Waals surface area contributed by atoms with Gasteiger partial charge >= 0.3 is 0 Å². The van der Waals surface area contributed by atoms with E-state index in [9.17, 15) is 0 Å². The summed E-state index contributed by atoms with van der Waals surface area (Å²) in [4.78, 5) is 12.2. The lowest BCUT2D eigenvalue weighted by Gasteiger charge is -2.03. The molecule has 3 heterocycles. The Hall–Kier alpha value is -2.83. The average Bonchev–Trinajstić information content (AvgIpc) is 3.16. The Kier molecular flexibility index (Phi) is 3.07. The van der Waals surface area contributed by atoms with Crippen LogP contribution in [-0.4, -0.2) is 21.7 Å². The Morgan fingerprint density at radius 2 is 2.13 bits per heavy atom. The lowest BCUT2D eigenvalue weighted by atomic mass is 10.2. The number of H-pyrrole nitrogens is 1. The predicted octanol–water partition coefficient (Wildman–Crippen LogP) is 1.73. The predicted molar refractivity (Wildman–Crippen MR) is 84.3 cm³/mol. The quantitative estimate of drug-likeness (QED) is 0.719. The van der Waals surface area contributed by atoms with E-state index in [1.165, 1.54) is 0 Å². The first-order valence-corrected chi connectivity index (χ1v) is 7.54. The fraction of sp³-hybridized carbons (Fsp3) is 0.312. The molecule has 1 aliphatic rings. The first-order valence-electron chi connectivity index (χ1n) is 7.54. The number of nitrogens with one attached hydrogen (secondary N) is 1. The molecular formula is C16H18N5O2+. The fourth-order valence-electron chi connectivity index (χ4n) is 2.64. The maximum Gasteiger partial charge on any atom is 0.294 e. The average molecular weight is 312 g/mol. The number of aromatic nitrogens is 4. The summed E-state index contributed by atoms with van der Waals surface area (Å²) in [6.45, 7) is 5.08. The van der Waals surface area contributed by atoms with Gasteiger partial charge in [0, 0.05) is 5.92 Å². The highest BCUT2D eigenvalue weighted by Crippen LogP contribution is 2.32. The molecule has 23 heavy (non-hydrogen) atoms. The highest BCUT2D eigenvalue weighted by atomic mass is 16.7. The largest absolute Gasteiger partial charge is 0.454 e. The minimum Gasteiger partial charge on any atom is -0.454 e. The van der Waals surface area contributed by atoms with Crippen LogP contribution in [0.5, 0.6) is 11.5 Å². The summed E-state index contributed by atoms with van der Waals surface area (Å²) in [5, 5.41) is 0. The lowest BCUT2D eigenvalue weighted by Crippen LogP contribution is -2.36. The van der Waals surface area contributed by atoms with Gasteiger partial charge in [-0.3, -0.25) is 0 Å². The normalized spacial score (nSPS) is 13.2. The molecule has 7 heteroatoms. The van der Waals surface area contributed by atoms with E-state index >= 15 is 0 Å². The summed E-state index contributed by atoms with van der Waals surface area (Å²) in [7, 11) is 0. The van der Waals surface area contributed by atoms with E-state index in [4.69, 9.17) is 15.2 Å². The Morgan fingerprint density at radius 3 is 2.96 bits per heavy atom. The van der Waals surface area contributed by atoms with E-state index in [1.54, 1.807) is 6.33 Å². The van der Waals surface area contributed by atoms with Crippen LogP contribution in [0.25, 0.3) is 11.2 Å². The van der Waals surface area contributed by atoms with E-state index in [0.29, 0.717) is 18.3 Å². The van der Waals surface area contributed by atoms with Crippen molar-refractivity contribution >= 4 is 17.0 Å². The monoisotopic (exact) mass is 312 g/mol. The molecule has 3 aromatic rings. The van der Waals surface area contributed by atoms with Crippen LogP contribution in [0.4, 0.5) is 5.82 Å². The van der Waals surface area contributed by atoms with Gasteiger partial charge in [0.25, 0.3) is 5.65 Å². The van der Waals surface area contributed by atoms with Gasteiger partial charge in [-0.15, -0.1) is 0 Å². The summed E-state index contributed by atoms with van der Waals surface area (Å²) in [6.07, 6.45) is 1.72. The molecule has 0 spiro atoms. The molecular weight excluding hydrogens is 294 g/mol. The summed E-state index contributed by atoms with van der Waals surface area (Å²) >= 11 is 0. The summed E-state index contributed by atoms with van der Waals surface area (Å²) < 4.78 is 12.8. The van der Waals surface area contributed by atoms with Crippen molar-refractivity contribution in [1.29, 1.82) is 0 Å². The first kappa shape index (κ1) is 13.8. The smallest absolute Gasteiger partial charge is 0.294 e. The number of anilines is 1. The molecule has 0 saturated carbocycles. The van der Waals surface area contributed by atoms with Crippen molar-refractivity contribution in [3.8, 4) is 11.5 Å². The van der Waals surface area contributed by atoms with Crippen LogP contribution < -0.4 is 19.8 Å². The molecule has 1 aromatic carbocycles. The van der Waals surface area contributed by atoms with Crippen molar-refractivity contribution in [2.75, 3.05) is 12.5 Å². The Balaban J connectivity index is 1.75. The second-order valence-electron chi connectivity index (χ2n) is 5.92. The van der Waals surface area contributed by atoms with Crippen LogP contribution in [0.1, 0.15) is 31.2 Å². The zero-order chi connectivity index (χ0) is 16.0. The van der Waals surface area contributed by atoms with Gasteiger partial charge < -0.3 is 20.2 Å². The fourth-order valence-corrected chi connectivity index (χ4v) is 2.64. The summed E-state index contributed by atoms with van der Waals surface area (Å²) in [5.74, 6) is 3.20. The van der Waals surface area contributed by atoms with Crippen LogP contribution in [0.3, 0.4) is 0 Å². The van der Waals surface area contributed by atoms with Crippen LogP contribution in [-0.2, 0) is 6.54 Å². The molecule has 0 atom stereocenters. The molecule has 0 radical (unpaired) electrons. The number of aromatic amines is 1. The number of nitrogen functional groups attached to an aromatic ring is 1. The first-order chi connectivity index (χ1) is 11.1. The minimum atomic E-state index is 0.275. The van der Waals surface area contributed by atoms with Crippen LogP contribution in [0, 0.1) is 0 Å². The van der Waals surface area contributed by atoms with Crippen LogP contribution in [0.2, 0.25) is 0 Å². The number of fused-ring (bicyclic) bond motifs is 2. The number of imidazole rings is 1. The molecule has 0 unspecified atom stereocenters. The summed E-state index contributed by atoms with van der Waals surface area (Å²) in [6, 6.07) is 5.91. The third-order valence-electron chi connectivity index (χ3n) is 3.90. The number of ether oxygens (including phenoxy) is 2. The topological polar surface area (TPSA) is 89.9 Å². The van der Waals surface area contributed by atoms with Gasteiger partial charge in [-0.05, 0) is 17.7 Å². The van der Waals surface area contributed by atoms with Crippen molar-refractivity contribution in [3.05, 3.63) is 35.9 Å². The van der Waals surface area contributed by atoms with Gasteiger partial charge in [0.15, 0.2) is 22.8 Å². The highest BCUT2D eigenvalue weighted by Gasteiger charge is 2.21. The van der Waals surface area contributed by atoms with Crippen LogP contribution >= 0.6 is 0 Å². The Labute approximate surface area is 133 Å². The van der Waals surface area contributed by atoms with Gasteiger partial charge in [-0.25, -0.2) is 4.57 Å². The third-order valence-corrected chi connectivity index (χ3v) is 3.90. The van der Waals surface area contributed by atoms with E-state index < -0.39 is 0 Å². The van der Waals surface area contributed by atoms with Crippen molar-refractivity contribution in [2.24, 2.45) is 0 Å². The second-order valence-corrected chi connectivity index (χ2v) is 5.92. The molecule has 0 amide bonds. The highest BCUT2D eigenvalue weighted by molar-refractivity contribution is 5.78. The molecule has 0 aliphatic carbocycles. The van der Waals surface area contributed by atoms with Gasteiger partial charge in [0.1, 0.15) is 0 Å². The molecule has 0 bridgehead atoms. The number of nitrogens with two attached hydrogens (primary N) is 1. The van der Waals surface area contributed by atoms with Gasteiger partial charge in [-0.1, -0.05) is 29.9 Å². The molecule has 0 saturated heterocycles. The minimum absolute atomic E-state index is 0.275. The number of benzene rings is 1. The van der Waals surface area contributed by atoms with Gasteiger partial charge in [0.05, 0.1) is 6.54 Å². The second kappa shape index (κ2) is 5.12. The van der Waals surface area contributed by atoms with Gasteiger partial charge in [-0.2, -0.15) is 0 Å². The van der Waals surface area contributed by atoms with Crippen molar-refractivity contribution in [3.63, 3.8) is 0 Å². The van der Waals surface area contributed by atoms with Crippen LogP contribution in [0.15, 0.2) is 24.5 Å². The molecule has 1 aliphatic heterocycles. The van der Waals surface area contributed by atoms with Gasteiger partial charge in [0.2, 0.25) is 18.9 Å². The SMILES string of the molecule is CC(C)c1nc2c([nH]1)c(N)nc[n+]2Cc1ccc2c(c1)OCO2. The Bertz CT molecular complexity index is 888. The van der Waals surface area contributed by atoms with E-state index in [1.807, 2.05) is 22.8 Å². The molecule has 118 valence electrons. The maximum absolute atomic E-state index is 5.97. The third kappa shape index (κ3) is 2.34.